The zero-order chi connectivity index (χ0) is 15.9. The van der Waals surface area contributed by atoms with Crippen LogP contribution in [0.1, 0.15) is 31.7 Å². The zero-order valence-corrected chi connectivity index (χ0v) is 13.1. The molecule has 1 aromatic carbocycles. The molecule has 0 spiro atoms. The lowest BCUT2D eigenvalue weighted by molar-refractivity contribution is -0.121. The van der Waals surface area contributed by atoms with Gasteiger partial charge in [0, 0.05) is 18.5 Å². The van der Waals surface area contributed by atoms with Gasteiger partial charge >= 0.3 is 6.09 Å². The van der Waals surface area contributed by atoms with Gasteiger partial charge in [0.25, 0.3) is 0 Å². The lowest BCUT2D eigenvalue weighted by Gasteiger charge is -2.20. The van der Waals surface area contributed by atoms with Gasteiger partial charge in [-0.15, -0.1) is 11.6 Å². The molecule has 0 saturated heterocycles. The van der Waals surface area contributed by atoms with Gasteiger partial charge in [-0.25, -0.2) is 10.2 Å². The molecule has 6 nitrogen and oxygen atoms in total. The Balaban J connectivity index is 2.10. The molecule has 0 fully saturated rings. The third-order valence-corrected chi connectivity index (χ3v) is 3.43. The topological polar surface area (TPSA) is 71.0 Å². The van der Waals surface area contributed by atoms with E-state index in [0.717, 1.165) is 17.7 Å². The van der Waals surface area contributed by atoms with E-state index in [0.29, 0.717) is 25.1 Å². The summed E-state index contributed by atoms with van der Waals surface area (Å²) >= 11 is 5.83. The molecule has 0 saturated carbocycles. The first-order valence-corrected chi connectivity index (χ1v) is 7.65. The second kappa shape index (κ2) is 7.79. The van der Waals surface area contributed by atoms with Gasteiger partial charge in [0.2, 0.25) is 5.91 Å². The molecular weight excluding hydrogens is 306 g/mol. The second-order valence-electron chi connectivity index (χ2n) is 4.80. The fourth-order valence-electron chi connectivity index (χ4n) is 2.01. The highest BCUT2D eigenvalue weighted by Gasteiger charge is 2.17. The number of carbonyl (C=O) groups excluding carboxylic acids is 2. The third kappa shape index (κ3) is 3.98. The van der Waals surface area contributed by atoms with Crippen molar-refractivity contribution in [1.29, 1.82) is 0 Å². The minimum atomic E-state index is -0.466. The fourth-order valence-corrected chi connectivity index (χ4v) is 2.24. The molecular formula is C15H18ClN3O3. The number of hydrogen-bond donors (Lipinski definition) is 1. The van der Waals surface area contributed by atoms with Crippen molar-refractivity contribution in [3.8, 4) is 0 Å². The molecule has 2 amide bonds. The number of benzene rings is 1. The van der Waals surface area contributed by atoms with Crippen molar-refractivity contribution in [2.45, 2.75) is 26.2 Å². The number of amides is 2. The van der Waals surface area contributed by atoms with Gasteiger partial charge in [-0.2, -0.15) is 5.10 Å². The number of hydrazone groups is 1. The Morgan fingerprint density at radius 1 is 1.36 bits per heavy atom. The number of nitrogens with zero attached hydrogens (tertiary/aromatic N) is 2. The molecule has 7 heteroatoms. The number of hydrogen-bond acceptors (Lipinski definition) is 4. The van der Waals surface area contributed by atoms with E-state index in [-0.39, 0.29) is 11.9 Å². The highest BCUT2D eigenvalue weighted by Crippen LogP contribution is 2.19. The summed E-state index contributed by atoms with van der Waals surface area (Å²) in [5, 5.41) is 4.04. The number of anilines is 1. The highest BCUT2D eigenvalue weighted by molar-refractivity contribution is 6.21. The molecule has 0 radical (unpaired) electrons. The average molecular weight is 324 g/mol. The first kappa shape index (κ1) is 16.3. The number of halogens is 1. The summed E-state index contributed by atoms with van der Waals surface area (Å²) in [5.74, 6) is -0.0765. The SMILES string of the molecule is CCCOC(=O)N(CCl)c1ccc(C2=NNC(=O)CC2)cc1. The van der Waals surface area contributed by atoms with Gasteiger partial charge in [-0.3, -0.25) is 9.69 Å². The van der Waals surface area contributed by atoms with Gasteiger partial charge in [-0.05, 0) is 24.1 Å². The summed E-state index contributed by atoms with van der Waals surface area (Å²) in [6.45, 7) is 2.29. The van der Waals surface area contributed by atoms with Crippen LogP contribution in [0.2, 0.25) is 0 Å². The van der Waals surface area contributed by atoms with Crippen molar-refractivity contribution in [3.05, 3.63) is 29.8 Å². The van der Waals surface area contributed by atoms with Gasteiger partial charge in [0.1, 0.15) is 6.00 Å². The van der Waals surface area contributed by atoms with Crippen LogP contribution in [0.25, 0.3) is 0 Å². The summed E-state index contributed by atoms with van der Waals surface area (Å²) in [6, 6.07) is 7.27. The number of rotatable bonds is 5. The van der Waals surface area contributed by atoms with E-state index < -0.39 is 6.09 Å². The molecule has 0 aromatic heterocycles. The van der Waals surface area contributed by atoms with Gasteiger partial charge in [0.15, 0.2) is 0 Å². The maximum Gasteiger partial charge on any atom is 0.415 e. The van der Waals surface area contributed by atoms with Crippen molar-refractivity contribution >= 4 is 35.0 Å². The molecule has 2 rings (SSSR count). The number of nitrogens with one attached hydrogen (secondary N) is 1. The summed E-state index contributed by atoms with van der Waals surface area (Å²) < 4.78 is 5.09. The molecule has 0 bridgehead atoms. The quantitative estimate of drug-likeness (QED) is 0.669. The Bertz CT molecular complexity index is 572. The molecule has 1 aliphatic heterocycles. The standard InChI is InChI=1S/C15H18ClN3O3/c1-2-9-22-15(21)19(10-16)12-5-3-11(4-6-12)13-7-8-14(20)18-17-13/h3-6H,2,7-10H2,1H3,(H,18,20). The molecule has 0 aliphatic carbocycles. The fraction of sp³-hybridized carbons (Fsp3) is 0.400. The zero-order valence-electron chi connectivity index (χ0n) is 12.3. The minimum absolute atomic E-state index is 0.0128. The number of carbonyl (C=O) groups is 2. The van der Waals surface area contributed by atoms with Gasteiger partial charge < -0.3 is 4.74 Å². The average Bonchev–Trinajstić information content (AvgIpc) is 2.55. The van der Waals surface area contributed by atoms with Crippen LogP contribution in [0.4, 0.5) is 10.5 Å². The molecule has 1 heterocycles. The van der Waals surface area contributed by atoms with Crippen LogP contribution in [0.5, 0.6) is 0 Å². The predicted octanol–water partition coefficient (Wildman–Crippen LogP) is 2.85. The maximum atomic E-state index is 11.9. The van der Waals surface area contributed by atoms with E-state index in [1.165, 1.54) is 4.90 Å². The van der Waals surface area contributed by atoms with Crippen LogP contribution in [-0.2, 0) is 9.53 Å². The van der Waals surface area contributed by atoms with Crippen LogP contribution in [0.15, 0.2) is 29.4 Å². The molecule has 118 valence electrons. The largest absolute Gasteiger partial charge is 0.449 e. The number of ether oxygens (including phenoxy) is 1. The van der Waals surface area contributed by atoms with E-state index >= 15 is 0 Å². The van der Waals surface area contributed by atoms with Crippen molar-refractivity contribution < 1.29 is 14.3 Å². The highest BCUT2D eigenvalue weighted by atomic mass is 35.5. The lowest BCUT2D eigenvalue weighted by atomic mass is 10.0. The molecule has 1 aromatic rings. The van der Waals surface area contributed by atoms with Crippen molar-refractivity contribution in [2.75, 3.05) is 17.5 Å². The van der Waals surface area contributed by atoms with E-state index in [9.17, 15) is 9.59 Å². The Kier molecular flexibility index (Phi) is 5.77. The van der Waals surface area contributed by atoms with Crippen LogP contribution >= 0.6 is 11.6 Å². The third-order valence-electron chi connectivity index (χ3n) is 3.19. The maximum absolute atomic E-state index is 11.9. The van der Waals surface area contributed by atoms with Crippen molar-refractivity contribution in [3.63, 3.8) is 0 Å². The first-order valence-electron chi connectivity index (χ1n) is 7.11. The van der Waals surface area contributed by atoms with E-state index in [1.54, 1.807) is 12.1 Å². The van der Waals surface area contributed by atoms with Crippen LogP contribution in [0, 0.1) is 0 Å². The molecule has 0 atom stereocenters. The first-order chi connectivity index (χ1) is 10.7. The van der Waals surface area contributed by atoms with Crippen LogP contribution < -0.4 is 10.3 Å². The summed E-state index contributed by atoms with van der Waals surface area (Å²) in [5.41, 5.74) is 4.84. The molecule has 1 aliphatic rings. The Morgan fingerprint density at radius 3 is 2.64 bits per heavy atom. The summed E-state index contributed by atoms with van der Waals surface area (Å²) in [6.07, 6.45) is 1.32. The van der Waals surface area contributed by atoms with E-state index in [4.69, 9.17) is 16.3 Å². The summed E-state index contributed by atoms with van der Waals surface area (Å²) in [7, 11) is 0. The second-order valence-corrected chi connectivity index (χ2v) is 5.04. The predicted molar refractivity (Wildman–Crippen MR) is 85.2 cm³/mol. The van der Waals surface area contributed by atoms with Crippen molar-refractivity contribution in [2.24, 2.45) is 5.10 Å². The molecule has 1 N–H and O–H groups in total. The van der Waals surface area contributed by atoms with Gasteiger partial charge in [-0.1, -0.05) is 19.1 Å². The Labute approximate surface area is 134 Å². The van der Waals surface area contributed by atoms with Gasteiger partial charge in [0.05, 0.1) is 12.3 Å². The van der Waals surface area contributed by atoms with Crippen molar-refractivity contribution in [1.82, 2.24) is 5.43 Å². The molecule has 22 heavy (non-hydrogen) atoms. The lowest BCUT2D eigenvalue weighted by Crippen LogP contribution is -2.30. The smallest absolute Gasteiger partial charge is 0.415 e. The molecule has 0 unspecified atom stereocenters. The minimum Gasteiger partial charge on any atom is -0.449 e. The number of alkyl halides is 1. The monoisotopic (exact) mass is 323 g/mol. The Hall–Kier alpha value is -2.08. The Morgan fingerprint density at radius 2 is 2.09 bits per heavy atom. The normalized spacial score (nSPS) is 14.1. The van der Waals surface area contributed by atoms with Crippen LogP contribution in [-0.4, -0.2) is 30.3 Å². The summed E-state index contributed by atoms with van der Waals surface area (Å²) in [4.78, 5) is 24.3. The van der Waals surface area contributed by atoms with E-state index in [2.05, 4.69) is 10.5 Å². The van der Waals surface area contributed by atoms with Crippen LogP contribution in [0.3, 0.4) is 0 Å². The van der Waals surface area contributed by atoms with E-state index in [1.807, 2.05) is 19.1 Å².